The van der Waals surface area contributed by atoms with Crippen molar-refractivity contribution in [1.82, 2.24) is 15.6 Å². The molecule has 1 aromatic heterocycles. The fourth-order valence-electron chi connectivity index (χ4n) is 3.04. The van der Waals surface area contributed by atoms with E-state index in [1.54, 1.807) is 20.2 Å². The van der Waals surface area contributed by atoms with Crippen LogP contribution in [-0.2, 0) is 4.79 Å². The molecule has 7 nitrogen and oxygen atoms in total. The lowest BCUT2D eigenvalue weighted by Gasteiger charge is -2.21. The number of rotatable bonds is 10. The molecule has 34 heavy (non-hydrogen) atoms. The van der Waals surface area contributed by atoms with Gasteiger partial charge in [-0.15, -0.1) is 13.2 Å². The Balaban J connectivity index is 0.000000718. The number of halogens is 3. The van der Waals surface area contributed by atoms with Crippen LogP contribution in [0.1, 0.15) is 55.1 Å². The summed E-state index contributed by atoms with van der Waals surface area (Å²) in [6.45, 7) is 7.27. The number of nitrogens with zero attached hydrogens (tertiary/aromatic N) is 1. The number of carbonyl (C=O) groups excluding carboxylic acids is 2. The average Bonchev–Trinajstić information content (AvgIpc) is 2.81. The molecule has 0 radical (unpaired) electrons. The van der Waals surface area contributed by atoms with E-state index in [1.807, 2.05) is 13.8 Å². The molecule has 0 aliphatic carbocycles. The van der Waals surface area contributed by atoms with Crippen LogP contribution < -0.4 is 20.7 Å². The van der Waals surface area contributed by atoms with E-state index in [-0.39, 0.29) is 23.5 Å². The van der Waals surface area contributed by atoms with E-state index in [0.717, 1.165) is 6.42 Å². The van der Waals surface area contributed by atoms with Crippen LogP contribution in [0.5, 0.6) is 5.75 Å². The number of ether oxygens (including phenoxy) is 1. The van der Waals surface area contributed by atoms with E-state index >= 15 is 0 Å². The minimum Gasteiger partial charge on any atom is -0.406 e. The van der Waals surface area contributed by atoms with Gasteiger partial charge in [-0.1, -0.05) is 20.4 Å². The number of hydrogen-bond donors (Lipinski definition) is 3. The fraction of sp³-hybridized carbons (Fsp3) is 0.375. The number of ketones is 1. The zero-order chi connectivity index (χ0) is 25.7. The summed E-state index contributed by atoms with van der Waals surface area (Å²) in [6, 6.07) is 6.78. The second-order valence-electron chi connectivity index (χ2n) is 7.07. The molecule has 0 fully saturated rings. The highest BCUT2D eigenvalue weighted by molar-refractivity contribution is 5.97. The molecule has 3 N–H and O–H groups in total. The van der Waals surface area contributed by atoms with Crippen molar-refractivity contribution < 1.29 is 27.5 Å². The Morgan fingerprint density at radius 3 is 2.24 bits per heavy atom. The second kappa shape index (κ2) is 14.0. The minimum absolute atomic E-state index is 0.138. The Bertz CT molecular complexity index is 943. The van der Waals surface area contributed by atoms with E-state index in [4.69, 9.17) is 0 Å². The molecule has 0 saturated heterocycles. The van der Waals surface area contributed by atoms with Crippen molar-refractivity contribution >= 4 is 23.2 Å². The van der Waals surface area contributed by atoms with Gasteiger partial charge in [-0.2, -0.15) is 0 Å². The monoisotopic (exact) mass is 480 g/mol. The molecule has 186 valence electrons. The lowest BCUT2D eigenvalue weighted by Crippen LogP contribution is -2.25. The first kappa shape index (κ1) is 28.6. The number of carbonyl (C=O) groups is 2. The van der Waals surface area contributed by atoms with Gasteiger partial charge in [0, 0.05) is 42.5 Å². The van der Waals surface area contributed by atoms with Crippen molar-refractivity contribution in [2.45, 2.75) is 45.5 Å². The zero-order valence-electron chi connectivity index (χ0n) is 19.8. The number of hydrogen-bond acceptors (Lipinski definition) is 6. The molecular weight excluding hydrogens is 449 g/mol. The highest BCUT2D eigenvalue weighted by Gasteiger charge is 2.31. The van der Waals surface area contributed by atoms with Crippen molar-refractivity contribution in [3.8, 4) is 5.75 Å². The molecule has 2 aromatic rings. The zero-order valence-corrected chi connectivity index (χ0v) is 19.8. The highest BCUT2D eigenvalue weighted by atomic mass is 19.4. The van der Waals surface area contributed by atoms with Crippen LogP contribution in [-0.4, -0.2) is 37.1 Å². The van der Waals surface area contributed by atoms with Crippen molar-refractivity contribution in [2.24, 2.45) is 0 Å². The SMILES string of the molecule is C=CC(=O)CCC.CCC(NC)c1c(C(=O)NC)ccnc1Nc1ccc(OC(F)(F)F)cc1. The van der Waals surface area contributed by atoms with Crippen molar-refractivity contribution in [1.29, 1.82) is 0 Å². The maximum Gasteiger partial charge on any atom is 0.573 e. The van der Waals surface area contributed by atoms with E-state index in [1.165, 1.54) is 36.5 Å². The summed E-state index contributed by atoms with van der Waals surface area (Å²) in [6.07, 6.45) is 0.393. The molecule has 1 unspecified atom stereocenters. The molecular formula is C24H31F3N4O3. The Hall–Kier alpha value is -3.40. The molecule has 0 aliphatic heterocycles. The van der Waals surface area contributed by atoms with Crippen LogP contribution in [0.2, 0.25) is 0 Å². The molecule has 1 atom stereocenters. The van der Waals surface area contributed by atoms with E-state index in [2.05, 4.69) is 32.3 Å². The Morgan fingerprint density at radius 1 is 1.15 bits per heavy atom. The van der Waals surface area contributed by atoms with E-state index < -0.39 is 6.36 Å². The van der Waals surface area contributed by atoms with Gasteiger partial charge in [0.25, 0.3) is 5.91 Å². The smallest absolute Gasteiger partial charge is 0.406 e. The average molecular weight is 481 g/mol. The first-order valence-electron chi connectivity index (χ1n) is 10.8. The topological polar surface area (TPSA) is 92.4 Å². The number of anilines is 2. The Morgan fingerprint density at radius 2 is 1.79 bits per heavy atom. The van der Waals surface area contributed by atoms with Gasteiger partial charge >= 0.3 is 6.36 Å². The van der Waals surface area contributed by atoms with Gasteiger partial charge in [0.05, 0.1) is 0 Å². The van der Waals surface area contributed by atoms with Crippen LogP contribution in [0.15, 0.2) is 49.2 Å². The maximum absolute atomic E-state index is 12.3. The van der Waals surface area contributed by atoms with Crippen molar-refractivity contribution in [2.75, 3.05) is 19.4 Å². The predicted octanol–water partition coefficient (Wildman–Crippen LogP) is 5.30. The Labute approximate surface area is 197 Å². The van der Waals surface area contributed by atoms with Crippen LogP contribution in [0.25, 0.3) is 0 Å². The number of aromatic nitrogens is 1. The summed E-state index contributed by atoms with van der Waals surface area (Å²) < 4.78 is 40.7. The third kappa shape index (κ3) is 9.22. The normalized spacial score (nSPS) is 11.5. The number of allylic oxidation sites excluding steroid dienone is 1. The minimum atomic E-state index is -4.74. The van der Waals surface area contributed by atoms with E-state index in [0.29, 0.717) is 35.5 Å². The van der Waals surface area contributed by atoms with E-state index in [9.17, 15) is 22.8 Å². The predicted molar refractivity (Wildman–Crippen MR) is 126 cm³/mol. The number of alkyl halides is 3. The van der Waals surface area contributed by atoms with Crippen LogP contribution >= 0.6 is 0 Å². The van der Waals surface area contributed by atoms with Crippen LogP contribution in [0.3, 0.4) is 0 Å². The van der Waals surface area contributed by atoms with Gasteiger partial charge in [0.1, 0.15) is 11.6 Å². The largest absolute Gasteiger partial charge is 0.573 e. The maximum atomic E-state index is 12.3. The molecule has 0 aliphatic rings. The number of pyridine rings is 1. The summed E-state index contributed by atoms with van der Waals surface area (Å²) >= 11 is 0. The molecule has 2 rings (SSSR count). The standard InChI is InChI=1S/C18H21F3N4O2.C6H10O/c1-4-14(22-2)15-13(17(26)23-3)9-10-24-16(15)25-11-5-7-12(8-6-11)27-18(19,20)21;1-3-5-6(7)4-2/h5-10,14,22H,4H2,1-3H3,(H,23,26)(H,24,25);4H,2-3,5H2,1H3. The molecule has 0 spiro atoms. The summed E-state index contributed by atoms with van der Waals surface area (Å²) in [7, 11) is 3.32. The third-order valence-corrected chi connectivity index (χ3v) is 4.64. The quantitative estimate of drug-likeness (QED) is 0.400. The molecule has 1 amide bonds. The molecule has 10 heteroatoms. The third-order valence-electron chi connectivity index (χ3n) is 4.64. The lowest BCUT2D eigenvalue weighted by molar-refractivity contribution is -0.274. The lowest BCUT2D eigenvalue weighted by atomic mass is 9.98. The molecule has 0 saturated carbocycles. The second-order valence-corrected chi connectivity index (χ2v) is 7.07. The first-order valence-corrected chi connectivity index (χ1v) is 10.8. The molecule has 0 bridgehead atoms. The van der Waals surface area contributed by atoms with Gasteiger partial charge in [0.2, 0.25) is 0 Å². The van der Waals surface area contributed by atoms with Gasteiger partial charge in [-0.25, -0.2) is 4.98 Å². The first-order chi connectivity index (χ1) is 16.1. The number of benzene rings is 1. The van der Waals surface area contributed by atoms with Gasteiger partial charge in [0.15, 0.2) is 5.78 Å². The number of amides is 1. The molecule has 1 heterocycles. The van der Waals surface area contributed by atoms with Crippen LogP contribution in [0.4, 0.5) is 24.7 Å². The summed E-state index contributed by atoms with van der Waals surface area (Å²) in [4.78, 5) is 26.8. The highest BCUT2D eigenvalue weighted by Crippen LogP contribution is 2.30. The Kier molecular flexibility index (Phi) is 11.8. The van der Waals surface area contributed by atoms with Crippen molar-refractivity contribution in [3.63, 3.8) is 0 Å². The molecule has 1 aromatic carbocycles. The van der Waals surface area contributed by atoms with Gasteiger partial charge < -0.3 is 20.7 Å². The van der Waals surface area contributed by atoms with Crippen molar-refractivity contribution in [3.05, 3.63) is 60.3 Å². The number of nitrogens with one attached hydrogen (secondary N) is 3. The fourth-order valence-corrected chi connectivity index (χ4v) is 3.04. The summed E-state index contributed by atoms with van der Waals surface area (Å²) in [5.41, 5.74) is 1.66. The van der Waals surface area contributed by atoms with Gasteiger partial charge in [-0.05, 0) is 56.3 Å². The van der Waals surface area contributed by atoms with Gasteiger partial charge in [-0.3, -0.25) is 9.59 Å². The summed E-state index contributed by atoms with van der Waals surface area (Å²) in [5.74, 6) is 0.0179. The summed E-state index contributed by atoms with van der Waals surface area (Å²) in [5, 5.41) is 8.81. The van der Waals surface area contributed by atoms with Crippen LogP contribution in [0, 0.1) is 0 Å².